The van der Waals surface area contributed by atoms with Crippen LogP contribution in [0.5, 0.6) is 11.5 Å². The number of aliphatic hydroxyl groups excluding tert-OH is 1. The Hall–Kier alpha value is -1.22. The number of hydrogen-bond acceptors (Lipinski definition) is 3. The van der Waals surface area contributed by atoms with Gasteiger partial charge in [-0.1, -0.05) is 6.07 Å². The van der Waals surface area contributed by atoms with Crippen LogP contribution in [0.4, 0.5) is 0 Å². The molecular weight excluding hydrogens is 216 g/mol. The summed E-state index contributed by atoms with van der Waals surface area (Å²) in [6, 6.07) is 6.06. The minimum atomic E-state index is -0.164. The van der Waals surface area contributed by atoms with E-state index in [1.165, 1.54) is 18.4 Å². The number of fused-ring (bicyclic) bond motifs is 2. The minimum Gasteiger partial charge on any atom is -0.492 e. The Morgan fingerprint density at radius 3 is 2.82 bits per heavy atom. The molecule has 3 nitrogen and oxygen atoms in total. The van der Waals surface area contributed by atoms with Crippen LogP contribution < -0.4 is 9.47 Å². The van der Waals surface area contributed by atoms with Gasteiger partial charge in [0.25, 0.3) is 0 Å². The van der Waals surface area contributed by atoms with E-state index in [0.717, 1.165) is 30.9 Å². The molecule has 1 spiro atoms. The summed E-state index contributed by atoms with van der Waals surface area (Å²) in [5, 5.41) is 9.30. The zero-order valence-electron chi connectivity index (χ0n) is 9.69. The molecule has 1 aliphatic heterocycles. The summed E-state index contributed by atoms with van der Waals surface area (Å²) >= 11 is 0. The molecule has 0 atom stereocenters. The van der Waals surface area contributed by atoms with Gasteiger partial charge in [0.1, 0.15) is 17.6 Å². The average Bonchev–Trinajstić information content (AvgIpc) is 2.95. The maximum Gasteiger partial charge on any atom is 0.127 e. The molecule has 3 aliphatic rings. The Kier molecular flexibility index (Phi) is 1.82. The van der Waals surface area contributed by atoms with Crippen molar-refractivity contribution in [3.05, 3.63) is 23.8 Å². The predicted octanol–water partition coefficient (Wildman–Crippen LogP) is 2.01. The maximum absolute atomic E-state index is 9.30. The number of rotatable bonds is 2. The van der Waals surface area contributed by atoms with Crippen LogP contribution in [0.25, 0.3) is 0 Å². The van der Waals surface area contributed by atoms with Crippen molar-refractivity contribution in [2.24, 2.45) is 0 Å². The first-order valence-electron chi connectivity index (χ1n) is 6.38. The lowest BCUT2D eigenvalue weighted by molar-refractivity contribution is -0.0112. The lowest BCUT2D eigenvalue weighted by Crippen LogP contribution is -2.37. The van der Waals surface area contributed by atoms with E-state index in [4.69, 9.17) is 9.47 Å². The molecule has 0 amide bonds. The van der Waals surface area contributed by atoms with Crippen molar-refractivity contribution in [1.29, 1.82) is 0 Å². The van der Waals surface area contributed by atoms with Crippen molar-refractivity contribution >= 4 is 0 Å². The Labute approximate surface area is 100 Å². The third-order valence-corrected chi connectivity index (χ3v) is 4.24. The van der Waals surface area contributed by atoms with Crippen LogP contribution in [0.2, 0.25) is 0 Å². The van der Waals surface area contributed by atoms with Gasteiger partial charge in [-0.2, -0.15) is 0 Å². The van der Waals surface area contributed by atoms with Crippen molar-refractivity contribution in [2.75, 3.05) is 6.61 Å². The first-order valence-corrected chi connectivity index (χ1v) is 6.38. The minimum absolute atomic E-state index is 0.164. The Morgan fingerprint density at radius 2 is 2.12 bits per heavy atom. The molecule has 1 N–H and O–H groups in total. The normalized spacial score (nSPS) is 31.6. The van der Waals surface area contributed by atoms with Gasteiger partial charge in [-0.15, -0.1) is 0 Å². The van der Waals surface area contributed by atoms with E-state index in [1.807, 2.05) is 18.2 Å². The molecule has 0 bridgehead atoms. The fourth-order valence-corrected chi connectivity index (χ4v) is 2.90. The van der Waals surface area contributed by atoms with Gasteiger partial charge in [-0.05, 0) is 25.0 Å². The van der Waals surface area contributed by atoms with Crippen molar-refractivity contribution in [2.45, 2.75) is 43.3 Å². The van der Waals surface area contributed by atoms with Crippen molar-refractivity contribution in [3.63, 3.8) is 0 Å². The van der Waals surface area contributed by atoms with E-state index >= 15 is 0 Å². The smallest absolute Gasteiger partial charge is 0.127 e. The molecule has 1 heterocycles. The van der Waals surface area contributed by atoms with E-state index in [9.17, 15) is 5.11 Å². The Balaban J connectivity index is 1.65. The molecule has 1 aromatic carbocycles. The molecule has 0 saturated heterocycles. The largest absolute Gasteiger partial charge is 0.492 e. The van der Waals surface area contributed by atoms with Crippen molar-refractivity contribution < 1.29 is 14.6 Å². The summed E-state index contributed by atoms with van der Waals surface area (Å²) in [7, 11) is 0. The third-order valence-electron chi connectivity index (χ3n) is 4.24. The molecule has 2 aliphatic carbocycles. The van der Waals surface area contributed by atoms with Gasteiger partial charge in [0.05, 0.1) is 12.7 Å². The molecule has 0 radical (unpaired) electrons. The zero-order chi connectivity index (χ0) is 11.5. The first-order chi connectivity index (χ1) is 8.27. The highest BCUT2D eigenvalue weighted by Crippen LogP contribution is 2.58. The molecule has 4 rings (SSSR count). The SMILES string of the molecule is O[C@H]1C[C@@H](Oc2cccc3c2C2(CC2)CO3)C1. The Morgan fingerprint density at radius 1 is 1.29 bits per heavy atom. The van der Waals surface area contributed by atoms with Gasteiger partial charge in [0, 0.05) is 23.8 Å². The second-order valence-corrected chi connectivity index (χ2v) is 5.56. The lowest BCUT2D eigenvalue weighted by Gasteiger charge is -2.32. The first kappa shape index (κ1) is 9.77. The average molecular weight is 232 g/mol. The second-order valence-electron chi connectivity index (χ2n) is 5.56. The highest BCUT2D eigenvalue weighted by atomic mass is 16.5. The fraction of sp³-hybridized carbons (Fsp3) is 0.571. The quantitative estimate of drug-likeness (QED) is 0.847. The topological polar surface area (TPSA) is 38.7 Å². The number of hydrogen-bond donors (Lipinski definition) is 1. The molecule has 17 heavy (non-hydrogen) atoms. The highest BCUT2D eigenvalue weighted by molar-refractivity contribution is 5.55. The summed E-state index contributed by atoms with van der Waals surface area (Å²) in [6.45, 7) is 0.815. The third kappa shape index (κ3) is 1.38. The predicted molar refractivity (Wildman–Crippen MR) is 62.5 cm³/mol. The van der Waals surface area contributed by atoms with Crippen LogP contribution in [0, 0.1) is 0 Å². The summed E-state index contributed by atoms with van der Waals surface area (Å²) in [6.07, 6.45) is 3.98. The van der Waals surface area contributed by atoms with Crippen LogP contribution in [-0.4, -0.2) is 23.9 Å². The van der Waals surface area contributed by atoms with Gasteiger partial charge in [0.2, 0.25) is 0 Å². The highest BCUT2D eigenvalue weighted by Gasteiger charge is 2.52. The van der Waals surface area contributed by atoms with Gasteiger partial charge < -0.3 is 14.6 Å². The monoisotopic (exact) mass is 232 g/mol. The van der Waals surface area contributed by atoms with E-state index in [-0.39, 0.29) is 17.6 Å². The van der Waals surface area contributed by atoms with Gasteiger partial charge >= 0.3 is 0 Å². The van der Waals surface area contributed by atoms with Crippen LogP contribution in [0.15, 0.2) is 18.2 Å². The number of benzene rings is 1. The summed E-state index contributed by atoms with van der Waals surface area (Å²) < 4.78 is 11.7. The summed E-state index contributed by atoms with van der Waals surface area (Å²) in [5.74, 6) is 1.98. The van der Waals surface area contributed by atoms with Gasteiger partial charge in [-0.3, -0.25) is 0 Å². The molecule has 2 saturated carbocycles. The second kappa shape index (κ2) is 3.16. The fourth-order valence-electron chi connectivity index (χ4n) is 2.90. The van der Waals surface area contributed by atoms with Gasteiger partial charge in [-0.25, -0.2) is 0 Å². The molecule has 90 valence electrons. The zero-order valence-corrected chi connectivity index (χ0v) is 9.69. The molecular formula is C14H16O3. The van der Waals surface area contributed by atoms with Crippen LogP contribution in [0.3, 0.4) is 0 Å². The molecule has 0 unspecified atom stereocenters. The van der Waals surface area contributed by atoms with E-state index < -0.39 is 0 Å². The maximum atomic E-state index is 9.30. The number of aliphatic hydroxyl groups is 1. The number of ether oxygens (including phenoxy) is 2. The van der Waals surface area contributed by atoms with Crippen molar-refractivity contribution in [1.82, 2.24) is 0 Å². The summed E-state index contributed by atoms with van der Waals surface area (Å²) in [5.41, 5.74) is 1.54. The molecule has 2 fully saturated rings. The van der Waals surface area contributed by atoms with Crippen LogP contribution >= 0.6 is 0 Å². The van der Waals surface area contributed by atoms with Crippen LogP contribution in [0.1, 0.15) is 31.2 Å². The molecule has 1 aromatic rings. The van der Waals surface area contributed by atoms with Crippen molar-refractivity contribution in [3.8, 4) is 11.5 Å². The van der Waals surface area contributed by atoms with Crippen LogP contribution in [-0.2, 0) is 5.41 Å². The summed E-state index contributed by atoms with van der Waals surface area (Å²) in [4.78, 5) is 0. The lowest BCUT2D eigenvalue weighted by atomic mass is 9.91. The van der Waals surface area contributed by atoms with E-state index in [0.29, 0.717) is 0 Å². The standard InChI is InChI=1S/C14H16O3/c15-9-6-10(7-9)17-12-3-1-2-11-13(12)14(4-5-14)8-16-11/h1-3,9-10,15H,4-8H2/t9-,10+. The molecule has 0 aromatic heterocycles. The van der Waals surface area contributed by atoms with E-state index in [2.05, 4.69) is 0 Å². The Bertz CT molecular complexity index is 459. The molecule has 3 heteroatoms. The van der Waals surface area contributed by atoms with E-state index in [1.54, 1.807) is 0 Å². The van der Waals surface area contributed by atoms with Gasteiger partial charge in [0.15, 0.2) is 0 Å².